The third-order valence-electron chi connectivity index (χ3n) is 5.46. The zero-order valence-electron chi connectivity index (χ0n) is 13.7. The average Bonchev–Trinajstić information content (AvgIpc) is 3.25. The molecule has 3 rings (SSSR count). The molecular formula is C16H23N3O4S. The van der Waals surface area contributed by atoms with Crippen molar-refractivity contribution >= 4 is 34.7 Å². The van der Waals surface area contributed by atoms with Gasteiger partial charge in [-0.1, -0.05) is 18.2 Å². The highest BCUT2D eigenvalue weighted by atomic mass is 32.2. The summed E-state index contributed by atoms with van der Waals surface area (Å²) < 4.78 is 0. The number of nitrogens with one attached hydrogen (secondary N) is 2. The first-order valence-electron chi connectivity index (χ1n) is 8.51. The van der Waals surface area contributed by atoms with E-state index in [0.29, 0.717) is 11.8 Å². The molecule has 132 valence electrons. The summed E-state index contributed by atoms with van der Waals surface area (Å²) in [5.41, 5.74) is 0. The van der Waals surface area contributed by atoms with Gasteiger partial charge in [-0.15, -0.1) is 0 Å². The van der Waals surface area contributed by atoms with Crippen molar-refractivity contribution in [2.75, 3.05) is 18.8 Å². The van der Waals surface area contributed by atoms with E-state index in [2.05, 4.69) is 10.6 Å². The fraction of sp³-hybridized carbons (Fsp3) is 0.750. The molecule has 4 amide bonds. The molecule has 0 radical (unpaired) electrons. The summed E-state index contributed by atoms with van der Waals surface area (Å²) >= 11 is 0.952. The molecule has 4 unspecified atom stereocenters. The van der Waals surface area contributed by atoms with E-state index < -0.39 is 11.8 Å². The van der Waals surface area contributed by atoms with Crippen LogP contribution in [0.5, 0.6) is 0 Å². The minimum atomic E-state index is -0.711. The monoisotopic (exact) mass is 353 g/mol. The van der Waals surface area contributed by atoms with E-state index in [1.54, 1.807) is 0 Å². The van der Waals surface area contributed by atoms with Crippen molar-refractivity contribution in [3.05, 3.63) is 0 Å². The van der Waals surface area contributed by atoms with Crippen molar-refractivity contribution in [3.63, 3.8) is 0 Å². The molecule has 0 aromatic carbocycles. The second-order valence-corrected chi connectivity index (χ2v) is 7.88. The second kappa shape index (κ2) is 7.13. The molecule has 2 N–H and O–H groups in total. The molecule has 0 aromatic heterocycles. The highest BCUT2D eigenvalue weighted by molar-refractivity contribution is 8.14. The molecule has 0 aromatic rings. The van der Waals surface area contributed by atoms with Crippen molar-refractivity contribution in [2.24, 2.45) is 17.8 Å². The number of imide groups is 1. The lowest BCUT2D eigenvalue weighted by molar-refractivity contribution is -0.139. The molecule has 1 aliphatic heterocycles. The first-order valence-corrected chi connectivity index (χ1v) is 9.50. The van der Waals surface area contributed by atoms with Gasteiger partial charge >= 0.3 is 11.8 Å². The highest BCUT2D eigenvalue weighted by Gasteiger charge is 2.42. The normalized spacial score (nSPS) is 29.9. The molecule has 2 aliphatic carbocycles. The van der Waals surface area contributed by atoms with Crippen LogP contribution in [-0.2, 0) is 14.4 Å². The fourth-order valence-electron chi connectivity index (χ4n) is 4.24. The van der Waals surface area contributed by atoms with Gasteiger partial charge < -0.3 is 10.6 Å². The predicted octanol–water partition coefficient (Wildman–Crippen LogP) is 0.739. The lowest BCUT2D eigenvalue weighted by Crippen LogP contribution is -2.48. The third-order valence-corrected chi connectivity index (χ3v) is 6.32. The Hall–Kier alpha value is -1.57. The van der Waals surface area contributed by atoms with Crippen LogP contribution in [0.1, 0.15) is 32.6 Å². The molecule has 7 nitrogen and oxygen atoms in total. The number of hydrogen-bond acceptors (Lipinski definition) is 5. The van der Waals surface area contributed by atoms with E-state index in [1.807, 2.05) is 6.92 Å². The Morgan fingerprint density at radius 3 is 2.62 bits per heavy atom. The van der Waals surface area contributed by atoms with Crippen LogP contribution < -0.4 is 10.6 Å². The van der Waals surface area contributed by atoms with Gasteiger partial charge in [-0.2, -0.15) is 0 Å². The fourth-order valence-corrected chi connectivity index (χ4v) is 5.00. The SMILES string of the molecule is CC(NC(=O)C(=O)NCCN1C(=O)CSC1=O)C1CC2CCC1C2. The van der Waals surface area contributed by atoms with Crippen LogP contribution in [0.4, 0.5) is 4.79 Å². The molecule has 3 fully saturated rings. The van der Waals surface area contributed by atoms with E-state index in [1.165, 1.54) is 19.3 Å². The van der Waals surface area contributed by atoms with Crippen molar-refractivity contribution in [2.45, 2.75) is 38.6 Å². The molecule has 1 saturated heterocycles. The van der Waals surface area contributed by atoms with Crippen LogP contribution >= 0.6 is 11.8 Å². The lowest BCUT2D eigenvalue weighted by atomic mass is 9.84. The minimum absolute atomic E-state index is 0.00307. The van der Waals surface area contributed by atoms with Gasteiger partial charge in [0.2, 0.25) is 5.91 Å². The topological polar surface area (TPSA) is 95.6 Å². The van der Waals surface area contributed by atoms with E-state index in [0.717, 1.165) is 29.0 Å². The Labute approximate surface area is 145 Å². The second-order valence-electron chi connectivity index (χ2n) is 6.96. The van der Waals surface area contributed by atoms with Gasteiger partial charge in [0.25, 0.3) is 5.24 Å². The zero-order chi connectivity index (χ0) is 17.3. The molecule has 3 aliphatic rings. The smallest absolute Gasteiger partial charge is 0.309 e. The van der Waals surface area contributed by atoms with Crippen molar-refractivity contribution in [1.29, 1.82) is 0 Å². The van der Waals surface area contributed by atoms with Crippen LogP contribution in [0.15, 0.2) is 0 Å². The summed E-state index contributed by atoms with van der Waals surface area (Å²) in [5.74, 6) is 0.481. The van der Waals surface area contributed by atoms with Crippen molar-refractivity contribution < 1.29 is 19.2 Å². The van der Waals surface area contributed by atoms with Gasteiger partial charge in [0.05, 0.1) is 5.75 Å². The maximum atomic E-state index is 12.0. The summed E-state index contributed by atoms with van der Waals surface area (Å²) in [6, 6.07) is -0.00307. The Morgan fingerprint density at radius 1 is 1.25 bits per heavy atom. The summed E-state index contributed by atoms with van der Waals surface area (Å²) in [7, 11) is 0. The maximum absolute atomic E-state index is 12.0. The van der Waals surface area contributed by atoms with E-state index in [4.69, 9.17) is 0 Å². The molecular weight excluding hydrogens is 330 g/mol. The van der Waals surface area contributed by atoms with E-state index in [9.17, 15) is 19.2 Å². The van der Waals surface area contributed by atoms with Crippen LogP contribution in [-0.4, -0.2) is 52.7 Å². The first kappa shape index (κ1) is 17.3. The van der Waals surface area contributed by atoms with Crippen LogP contribution in [0.25, 0.3) is 0 Å². The van der Waals surface area contributed by atoms with Gasteiger partial charge in [-0.05, 0) is 43.9 Å². The predicted molar refractivity (Wildman–Crippen MR) is 89.1 cm³/mol. The molecule has 4 atom stereocenters. The Kier molecular flexibility index (Phi) is 5.12. The molecule has 1 heterocycles. The highest BCUT2D eigenvalue weighted by Crippen LogP contribution is 2.49. The molecule has 0 spiro atoms. The molecule has 24 heavy (non-hydrogen) atoms. The summed E-state index contributed by atoms with van der Waals surface area (Å²) in [6.07, 6.45) is 4.93. The number of hydrogen-bond donors (Lipinski definition) is 2. The average molecular weight is 353 g/mol. The first-order chi connectivity index (χ1) is 11.5. The maximum Gasteiger partial charge on any atom is 0.309 e. The standard InChI is InChI=1S/C16H23N3O4S/c1-9(12-7-10-2-3-11(12)6-10)18-15(22)14(21)17-4-5-19-13(20)8-24-16(19)23/h9-12H,2-8H2,1H3,(H,17,21)(H,18,22). The summed E-state index contributed by atoms with van der Waals surface area (Å²) in [4.78, 5) is 47.8. The number of amides is 4. The van der Waals surface area contributed by atoms with Gasteiger partial charge in [0.1, 0.15) is 0 Å². The van der Waals surface area contributed by atoms with E-state index >= 15 is 0 Å². The quantitative estimate of drug-likeness (QED) is 0.711. The van der Waals surface area contributed by atoms with Crippen LogP contribution in [0.3, 0.4) is 0 Å². The summed E-state index contributed by atoms with van der Waals surface area (Å²) in [5, 5.41) is 4.97. The van der Waals surface area contributed by atoms with Gasteiger partial charge in [0.15, 0.2) is 0 Å². The van der Waals surface area contributed by atoms with Crippen molar-refractivity contribution in [1.82, 2.24) is 15.5 Å². The number of fused-ring (bicyclic) bond motifs is 2. The molecule has 8 heteroatoms. The lowest BCUT2D eigenvalue weighted by Gasteiger charge is -2.28. The van der Waals surface area contributed by atoms with Crippen molar-refractivity contribution in [3.8, 4) is 0 Å². The van der Waals surface area contributed by atoms with Gasteiger partial charge in [0, 0.05) is 19.1 Å². The molecule has 2 bridgehead atoms. The van der Waals surface area contributed by atoms with Crippen LogP contribution in [0, 0.1) is 17.8 Å². The Bertz CT molecular complexity index is 552. The van der Waals surface area contributed by atoms with Gasteiger partial charge in [-0.3, -0.25) is 24.1 Å². The molecule has 2 saturated carbocycles. The van der Waals surface area contributed by atoms with Gasteiger partial charge in [-0.25, -0.2) is 0 Å². The summed E-state index contributed by atoms with van der Waals surface area (Å²) in [6.45, 7) is 2.16. The Balaban J connectivity index is 1.39. The largest absolute Gasteiger partial charge is 0.346 e. The number of carbonyl (C=O) groups excluding carboxylic acids is 4. The zero-order valence-corrected chi connectivity index (χ0v) is 14.6. The Morgan fingerprint density at radius 2 is 2.04 bits per heavy atom. The number of thioether (sulfide) groups is 1. The van der Waals surface area contributed by atoms with Crippen LogP contribution in [0.2, 0.25) is 0 Å². The number of rotatable bonds is 5. The van der Waals surface area contributed by atoms with E-state index in [-0.39, 0.29) is 36.0 Å². The number of carbonyl (C=O) groups is 4. The minimum Gasteiger partial charge on any atom is -0.346 e. The number of nitrogens with zero attached hydrogens (tertiary/aromatic N) is 1. The third kappa shape index (κ3) is 3.58.